The van der Waals surface area contributed by atoms with Gasteiger partial charge in [0.2, 0.25) is 0 Å². The molecule has 5 nitrogen and oxygen atoms in total. The molecule has 1 aliphatic rings. The van der Waals surface area contributed by atoms with Gasteiger partial charge in [0.1, 0.15) is 24.2 Å². The molecule has 2 aromatic carbocycles. The molecule has 25 heavy (non-hydrogen) atoms. The molecule has 0 aromatic heterocycles. The summed E-state index contributed by atoms with van der Waals surface area (Å²) in [4.78, 5) is 4.62. The quantitative estimate of drug-likeness (QED) is 0.836. The van der Waals surface area contributed by atoms with Crippen molar-refractivity contribution >= 4 is 5.69 Å². The zero-order chi connectivity index (χ0) is 17.5. The van der Waals surface area contributed by atoms with Crippen molar-refractivity contribution in [3.8, 4) is 11.5 Å². The van der Waals surface area contributed by atoms with Crippen LogP contribution in [-0.2, 0) is 0 Å². The number of ether oxygens (including phenoxy) is 2. The Kier molecular flexibility index (Phi) is 6.14. The maximum absolute atomic E-state index is 10.2. The molecule has 0 bridgehead atoms. The van der Waals surface area contributed by atoms with E-state index in [1.54, 1.807) is 7.11 Å². The summed E-state index contributed by atoms with van der Waals surface area (Å²) >= 11 is 0. The number of methoxy groups -OCH3 is 1. The zero-order valence-corrected chi connectivity index (χ0v) is 14.7. The van der Waals surface area contributed by atoms with Gasteiger partial charge in [-0.05, 0) is 24.3 Å². The molecule has 1 N–H and O–H groups in total. The molecule has 0 radical (unpaired) electrons. The first-order valence-corrected chi connectivity index (χ1v) is 8.72. The molecular weight excluding hydrogens is 316 g/mol. The number of piperazine rings is 1. The second kappa shape index (κ2) is 8.74. The molecular formula is C20H26N2O3. The third-order valence-corrected chi connectivity index (χ3v) is 4.45. The largest absolute Gasteiger partial charge is 0.495 e. The summed E-state index contributed by atoms with van der Waals surface area (Å²) in [5.41, 5.74) is 1.14. The number of benzene rings is 2. The summed E-state index contributed by atoms with van der Waals surface area (Å²) in [6.45, 7) is 4.63. The van der Waals surface area contributed by atoms with E-state index < -0.39 is 6.10 Å². The maximum Gasteiger partial charge on any atom is 0.142 e. The predicted octanol–water partition coefficient (Wildman–Crippen LogP) is 2.26. The van der Waals surface area contributed by atoms with Crippen LogP contribution in [0.5, 0.6) is 11.5 Å². The van der Waals surface area contributed by atoms with Gasteiger partial charge in [-0.15, -0.1) is 0 Å². The Morgan fingerprint density at radius 3 is 2.36 bits per heavy atom. The molecule has 0 spiro atoms. The lowest BCUT2D eigenvalue weighted by molar-refractivity contribution is 0.0663. The molecule has 0 saturated carbocycles. The summed E-state index contributed by atoms with van der Waals surface area (Å²) in [5, 5.41) is 10.2. The van der Waals surface area contributed by atoms with E-state index in [9.17, 15) is 5.11 Å². The molecule has 134 valence electrons. The minimum absolute atomic E-state index is 0.316. The molecule has 1 fully saturated rings. The summed E-state index contributed by atoms with van der Waals surface area (Å²) in [6, 6.07) is 17.7. The van der Waals surface area contributed by atoms with Crippen LogP contribution in [0.3, 0.4) is 0 Å². The van der Waals surface area contributed by atoms with E-state index >= 15 is 0 Å². The van der Waals surface area contributed by atoms with Gasteiger partial charge in [0.05, 0.1) is 12.8 Å². The number of anilines is 1. The Hall–Kier alpha value is -2.24. The minimum Gasteiger partial charge on any atom is -0.495 e. The molecule has 1 aliphatic heterocycles. The molecule has 1 heterocycles. The van der Waals surface area contributed by atoms with E-state index in [1.165, 1.54) is 0 Å². The van der Waals surface area contributed by atoms with E-state index in [0.717, 1.165) is 43.4 Å². The highest BCUT2D eigenvalue weighted by atomic mass is 16.5. The topological polar surface area (TPSA) is 45.2 Å². The lowest BCUT2D eigenvalue weighted by Crippen LogP contribution is -2.49. The van der Waals surface area contributed by atoms with Gasteiger partial charge >= 0.3 is 0 Å². The number of aliphatic hydroxyl groups excluding tert-OH is 1. The number of hydrogen-bond acceptors (Lipinski definition) is 5. The second-order valence-corrected chi connectivity index (χ2v) is 6.24. The van der Waals surface area contributed by atoms with Gasteiger partial charge < -0.3 is 19.5 Å². The number of para-hydroxylation sites is 3. The first kappa shape index (κ1) is 17.6. The Morgan fingerprint density at radius 2 is 1.64 bits per heavy atom. The van der Waals surface area contributed by atoms with Gasteiger partial charge in [0, 0.05) is 32.7 Å². The fraction of sp³-hybridized carbons (Fsp3) is 0.400. The first-order chi connectivity index (χ1) is 12.3. The third-order valence-electron chi connectivity index (χ3n) is 4.45. The SMILES string of the molecule is COc1ccccc1N1CCN(C[C@@H](O)COc2ccccc2)CC1. The monoisotopic (exact) mass is 342 g/mol. The number of aliphatic hydroxyl groups is 1. The van der Waals surface area contributed by atoms with Crippen LogP contribution < -0.4 is 14.4 Å². The van der Waals surface area contributed by atoms with Crippen molar-refractivity contribution in [1.82, 2.24) is 4.90 Å². The summed E-state index contributed by atoms with van der Waals surface area (Å²) in [6.07, 6.45) is -0.488. The van der Waals surface area contributed by atoms with Crippen LogP contribution >= 0.6 is 0 Å². The number of nitrogens with zero attached hydrogens (tertiary/aromatic N) is 2. The molecule has 0 amide bonds. The van der Waals surface area contributed by atoms with Crippen LogP contribution in [-0.4, -0.2) is 62.6 Å². The van der Waals surface area contributed by atoms with Gasteiger partial charge in [-0.1, -0.05) is 30.3 Å². The highest BCUT2D eigenvalue weighted by Gasteiger charge is 2.21. The lowest BCUT2D eigenvalue weighted by Gasteiger charge is -2.37. The summed E-state index contributed by atoms with van der Waals surface area (Å²) in [5.74, 6) is 1.70. The number of hydrogen-bond donors (Lipinski definition) is 1. The lowest BCUT2D eigenvalue weighted by atomic mass is 10.2. The Labute approximate surface area is 149 Å². The van der Waals surface area contributed by atoms with Gasteiger partial charge in [0.25, 0.3) is 0 Å². The molecule has 0 unspecified atom stereocenters. The fourth-order valence-corrected chi connectivity index (χ4v) is 3.12. The van der Waals surface area contributed by atoms with Crippen LogP contribution in [0.4, 0.5) is 5.69 Å². The number of β-amino-alcohol motifs (C(OH)–C–C–N with tert-alkyl or cyclic N) is 1. The molecule has 1 atom stereocenters. The van der Waals surface area contributed by atoms with Crippen LogP contribution in [0.2, 0.25) is 0 Å². The van der Waals surface area contributed by atoms with E-state index in [0.29, 0.717) is 13.2 Å². The Bertz CT molecular complexity index is 642. The van der Waals surface area contributed by atoms with E-state index in [4.69, 9.17) is 9.47 Å². The number of rotatable bonds is 7. The van der Waals surface area contributed by atoms with Gasteiger partial charge in [-0.2, -0.15) is 0 Å². The van der Waals surface area contributed by atoms with Gasteiger partial charge in [-0.3, -0.25) is 4.90 Å². The molecule has 3 rings (SSSR count). The standard InChI is InChI=1S/C20H26N2O3/c1-24-20-10-6-5-9-19(20)22-13-11-21(12-14-22)15-17(23)16-25-18-7-3-2-4-8-18/h2-10,17,23H,11-16H2,1H3/t17-/m1/s1. The minimum atomic E-state index is -0.488. The average Bonchev–Trinajstić information content (AvgIpc) is 2.68. The smallest absolute Gasteiger partial charge is 0.142 e. The highest BCUT2D eigenvalue weighted by molar-refractivity contribution is 5.58. The van der Waals surface area contributed by atoms with Crippen molar-refractivity contribution in [1.29, 1.82) is 0 Å². The second-order valence-electron chi connectivity index (χ2n) is 6.24. The van der Waals surface area contributed by atoms with Crippen LogP contribution in [0.15, 0.2) is 54.6 Å². The maximum atomic E-state index is 10.2. The van der Waals surface area contributed by atoms with E-state index in [-0.39, 0.29) is 0 Å². The molecule has 5 heteroatoms. The predicted molar refractivity (Wildman–Crippen MR) is 99.6 cm³/mol. The van der Waals surface area contributed by atoms with Crippen molar-refractivity contribution in [3.05, 3.63) is 54.6 Å². The molecule has 2 aromatic rings. The highest BCUT2D eigenvalue weighted by Crippen LogP contribution is 2.28. The van der Waals surface area contributed by atoms with Gasteiger partial charge in [0.15, 0.2) is 0 Å². The average molecular weight is 342 g/mol. The normalized spacial score (nSPS) is 16.5. The van der Waals surface area contributed by atoms with Crippen molar-refractivity contribution in [2.24, 2.45) is 0 Å². The van der Waals surface area contributed by atoms with Crippen LogP contribution in [0, 0.1) is 0 Å². The van der Waals surface area contributed by atoms with Crippen molar-refractivity contribution in [3.63, 3.8) is 0 Å². The summed E-state index contributed by atoms with van der Waals surface area (Å²) in [7, 11) is 1.71. The first-order valence-electron chi connectivity index (χ1n) is 8.72. The Morgan fingerprint density at radius 1 is 0.960 bits per heavy atom. The molecule has 1 saturated heterocycles. The summed E-state index contributed by atoms with van der Waals surface area (Å²) < 4.78 is 11.1. The van der Waals surface area contributed by atoms with E-state index in [2.05, 4.69) is 15.9 Å². The van der Waals surface area contributed by atoms with Crippen LogP contribution in [0.1, 0.15) is 0 Å². The van der Waals surface area contributed by atoms with Crippen LogP contribution in [0.25, 0.3) is 0 Å². The molecule has 0 aliphatic carbocycles. The third kappa shape index (κ3) is 4.87. The zero-order valence-electron chi connectivity index (χ0n) is 14.7. The fourth-order valence-electron chi connectivity index (χ4n) is 3.12. The van der Waals surface area contributed by atoms with E-state index in [1.807, 2.05) is 48.5 Å². The van der Waals surface area contributed by atoms with Crippen molar-refractivity contribution in [2.75, 3.05) is 51.3 Å². The van der Waals surface area contributed by atoms with Gasteiger partial charge in [-0.25, -0.2) is 0 Å². The Balaban J connectivity index is 1.44. The van der Waals surface area contributed by atoms with Crippen molar-refractivity contribution < 1.29 is 14.6 Å². The van der Waals surface area contributed by atoms with Crippen molar-refractivity contribution in [2.45, 2.75) is 6.10 Å².